The first kappa shape index (κ1) is 26.4. The van der Waals surface area contributed by atoms with E-state index in [0.29, 0.717) is 23.7 Å². The predicted molar refractivity (Wildman–Crippen MR) is 144 cm³/mol. The van der Waals surface area contributed by atoms with Crippen molar-refractivity contribution in [2.45, 2.75) is 42.4 Å². The average Bonchev–Trinajstić information content (AvgIpc) is 3.45. The molecule has 5 rings (SSSR count). The molecule has 3 heterocycles. The Hall–Kier alpha value is -3.26. The van der Waals surface area contributed by atoms with E-state index in [4.69, 9.17) is 15.6 Å². The summed E-state index contributed by atoms with van der Waals surface area (Å²) in [6.45, 7) is 0.152. The first-order chi connectivity index (χ1) is 18.5. The van der Waals surface area contributed by atoms with Crippen molar-refractivity contribution < 1.29 is 25.2 Å². The number of benzene rings is 2. The third-order valence-electron chi connectivity index (χ3n) is 6.42. The van der Waals surface area contributed by atoms with Crippen LogP contribution in [-0.4, -0.2) is 77.2 Å². The second-order valence-electron chi connectivity index (χ2n) is 8.97. The van der Waals surface area contributed by atoms with E-state index in [-0.39, 0.29) is 12.4 Å². The van der Waals surface area contributed by atoms with Crippen molar-refractivity contribution >= 4 is 34.7 Å². The van der Waals surface area contributed by atoms with E-state index in [0.717, 1.165) is 33.8 Å². The van der Waals surface area contributed by atoms with Gasteiger partial charge in [0.15, 0.2) is 23.2 Å². The van der Waals surface area contributed by atoms with Gasteiger partial charge in [0.25, 0.3) is 0 Å². The quantitative estimate of drug-likeness (QED) is 0.128. The summed E-state index contributed by atoms with van der Waals surface area (Å²) in [6, 6.07) is 16.4. The van der Waals surface area contributed by atoms with E-state index in [9.17, 15) is 15.3 Å². The van der Waals surface area contributed by atoms with Crippen LogP contribution in [0.15, 0.2) is 59.8 Å². The fourth-order valence-corrected chi connectivity index (χ4v) is 5.30. The lowest BCUT2D eigenvalue weighted by atomic mass is 10.0. The first-order valence-corrected chi connectivity index (χ1v) is 13.3. The average molecular weight is 539 g/mol. The number of nitrogens with one attached hydrogen (secondary N) is 1. The van der Waals surface area contributed by atoms with Crippen LogP contribution in [0.2, 0.25) is 0 Å². The van der Waals surface area contributed by atoms with Gasteiger partial charge >= 0.3 is 0 Å². The van der Waals surface area contributed by atoms with Crippen molar-refractivity contribution in [3.05, 3.63) is 60.4 Å². The highest BCUT2D eigenvalue weighted by Gasteiger charge is 2.45. The van der Waals surface area contributed by atoms with Crippen molar-refractivity contribution in [2.24, 2.45) is 0 Å². The minimum absolute atomic E-state index is 0.171. The van der Waals surface area contributed by atoms with Gasteiger partial charge in [0, 0.05) is 23.8 Å². The Morgan fingerprint density at radius 1 is 1.03 bits per heavy atom. The monoisotopic (exact) mass is 538 g/mol. The maximum atomic E-state index is 10.6. The largest absolute Gasteiger partial charge is 0.396 e. The topological polar surface area (TPSA) is 172 Å². The Morgan fingerprint density at radius 2 is 1.84 bits per heavy atom. The number of aliphatic hydroxyl groups excluding tert-OH is 4. The van der Waals surface area contributed by atoms with Crippen LogP contribution in [0.3, 0.4) is 0 Å². The van der Waals surface area contributed by atoms with Gasteiger partial charge in [-0.2, -0.15) is 0 Å². The molecule has 0 unspecified atom stereocenters. The molecule has 2 aromatic carbocycles. The number of aromatic nitrogens is 4. The maximum Gasteiger partial charge on any atom is 0.207 e. The smallest absolute Gasteiger partial charge is 0.207 e. The van der Waals surface area contributed by atoms with Crippen molar-refractivity contribution in [1.29, 1.82) is 0 Å². The number of ether oxygens (including phenoxy) is 1. The minimum atomic E-state index is -1.31. The number of hydrogen-bond acceptors (Lipinski definition) is 11. The minimum Gasteiger partial charge on any atom is -0.396 e. The molecule has 0 amide bonds. The predicted octanol–water partition coefficient (Wildman–Crippen LogP) is 1.77. The molecule has 1 aliphatic heterocycles. The van der Waals surface area contributed by atoms with Crippen LogP contribution < -0.4 is 11.1 Å². The van der Waals surface area contributed by atoms with E-state index in [2.05, 4.69) is 38.5 Å². The van der Waals surface area contributed by atoms with Crippen molar-refractivity contribution in [3.63, 3.8) is 0 Å². The molecule has 1 saturated heterocycles. The fraction of sp³-hybridized carbons (Fsp3) is 0.346. The molecule has 200 valence electrons. The van der Waals surface area contributed by atoms with Gasteiger partial charge in [0.1, 0.15) is 24.6 Å². The Kier molecular flexibility index (Phi) is 8.07. The molecule has 7 N–H and O–H groups in total. The highest BCUT2D eigenvalue weighted by molar-refractivity contribution is 7.99. The summed E-state index contributed by atoms with van der Waals surface area (Å²) in [5.41, 5.74) is 9.86. The molecule has 2 aromatic heterocycles. The van der Waals surface area contributed by atoms with E-state index < -0.39 is 31.1 Å². The molecule has 0 aliphatic carbocycles. The normalized spacial score (nSPS) is 21.3. The van der Waals surface area contributed by atoms with Crippen molar-refractivity contribution in [1.82, 2.24) is 19.5 Å². The zero-order chi connectivity index (χ0) is 26.6. The van der Waals surface area contributed by atoms with Gasteiger partial charge in [-0.25, -0.2) is 15.0 Å². The summed E-state index contributed by atoms with van der Waals surface area (Å²) in [6.07, 6.45) is -2.50. The summed E-state index contributed by atoms with van der Waals surface area (Å²) in [5.74, 6) is 1.37. The molecule has 0 spiro atoms. The molecule has 1 aliphatic rings. The Morgan fingerprint density at radius 3 is 2.58 bits per heavy atom. The molecule has 4 atom stereocenters. The number of thioether (sulfide) groups is 1. The van der Waals surface area contributed by atoms with Crippen LogP contribution in [0.5, 0.6) is 0 Å². The second-order valence-corrected chi connectivity index (χ2v) is 10.1. The molecule has 12 heteroatoms. The first-order valence-electron chi connectivity index (χ1n) is 12.3. The van der Waals surface area contributed by atoms with E-state index >= 15 is 0 Å². The van der Waals surface area contributed by atoms with Crippen LogP contribution in [0.25, 0.3) is 22.3 Å². The number of hydrogen-bond donors (Lipinski definition) is 6. The van der Waals surface area contributed by atoms with Crippen LogP contribution in [-0.2, 0) is 11.3 Å². The van der Waals surface area contributed by atoms with Crippen LogP contribution in [0.4, 0.5) is 11.8 Å². The van der Waals surface area contributed by atoms with Gasteiger partial charge in [-0.3, -0.25) is 4.57 Å². The van der Waals surface area contributed by atoms with Gasteiger partial charge < -0.3 is 36.2 Å². The van der Waals surface area contributed by atoms with E-state index in [1.165, 1.54) is 10.9 Å². The highest BCUT2D eigenvalue weighted by Crippen LogP contribution is 2.35. The second kappa shape index (κ2) is 11.6. The number of nitrogens with two attached hydrogens (primary N) is 1. The Balaban J connectivity index is 1.35. The maximum absolute atomic E-state index is 10.6. The van der Waals surface area contributed by atoms with Gasteiger partial charge in [-0.15, -0.1) is 11.8 Å². The number of aliphatic hydroxyl groups is 4. The van der Waals surface area contributed by atoms with Gasteiger partial charge in [-0.1, -0.05) is 36.4 Å². The van der Waals surface area contributed by atoms with Crippen molar-refractivity contribution in [2.75, 3.05) is 30.0 Å². The number of anilines is 2. The summed E-state index contributed by atoms with van der Waals surface area (Å²) in [7, 11) is 0. The highest BCUT2D eigenvalue weighted by atomic mass is 32.2. The number of nitrogen functional groups attached to an aromatic ring is 1. The summed E-state index contributed by atoms with van der Waals surface area (Å²) in [5, 5.41) is 42.7. The summed E-state index contributed by atoms with van der Waals surface area (Å²) in [4.78, 5) is 14.0. The number of nitrogens with zero attached hydrogens (tertiary/aromatic N) is 4. The number of rotatable bonds is 10. The number of imidazole rings is 1. The Bertz CT molecular complexity index is 1380. The molecular formula is C26H30N6O5S. The van der Waals surface area contributed by atoms with Crippen molar-refractivity contribution in [3.8, 4) is 11.1 Å². The van der Waals surface area contributed by atoms with Crippen LogP contribution in [0, 0.1) is 0 Å². The lowest BCUT2D eigenvalue weighted by molar-refractivity contribution is -0.0501. The van der Waals surface area contributed by atoms with Gasteiger partial charge in [-0.05, 0) is 35.2 Å². The molecular weight excluding hydrogens is 508 g/mol. The Labute approximate surface area is 223 Å². The number of fused-ring (bicyclic) bond motifs is 1. The molecule has 0 bridgehead atoms. The van der Waals surface area contributed by atoms with E-state index in [1.807, 2.05) is 30.3 Å². The lowest BCUT2D eigenvalue weighted by Gasteiger charge is -2.19. The van der Waals surface area contributed by atoms with E-state index in [1.54, 1.807) is 11.8 Å². The SMILES string of the molecule is Nc1ncnc2c1nc(NCc1ccc(-c3cccc(SCCCO)c3)cc1)n2[C@@H]1O[C@H](CO)[C@@H](O)[C@H]1O. The fourth-order valence-electron chi connectivity index (χ4n) is 4.40. The third kappa shape index (κ3) is 5.32. The lowest BCUT2D eigenvalue weighted by Crippen LogP contribution is -2.33. The molecule has 11 nitrogen and oxygen atoms in total. The zero-order valence-corrected chi connectivity index (χ0v) is 21.3. The molecule has 0 saturated carbocycles. The van der Waals surface area contributed by atoms with Crippen LogP contribution in [0.1, 0.15) is 18.2 Å². The molecule has 0 radical (unpaired) electrons. The molecule has 4 aromatic rings. The third-order valence-corrected chi connectivity index (χ3v) is 7.50. The zero-order valence-electron chi connectivity index (χ0n) is 20.5. The molecule has 1 fully saturated rings. The summed E-state index contributed by atoms with van der Waals surface area (Å²) >= 11 is 1.72. The van der Waals surface area contributed by atoms with Crippen LogP contribution >= 0.6 is 11.8 Å². The van der Waals surface area contributed by atoms with Gasteiger partial charge in [0.05, 0.1) is 6.61 Å². The molecule has 38 heavy (non-hydrogen) atoms. The van der Waals surface area contributed by atoms with Gasteiger partial charge in [0.2, 0.25) is 5.95 Å². The standard InChI is InChI=1S/C26H30N6O5S/c27-23-20-24(30-14-29-23)32(25-22(36)21(35)19(13-34)37-25)26(31-20)28-12-15-5-7-16(8-6-15)17-3-1-4-18(11-17)38-10-2-9-33/h1,3-8,11,14,19,21-22,25,33-36H,2,9-10,12-13H2,(H,28,31)(H2,27,29,30)/t19-,21-,22-,25-/m1/s1. The summed E-state index contributed by atoms with van der Waals surface area (Å²) < 4.78 is 7.28.